The van der Waals surface area contributed by atoms with Crippen molar-refractivity contribution >= 4 is 56.8 Å². The molecule has 33 heavy (non-hydrogen) atoms. The van der Waals surface area contributed by atoms with Crippen LogP contribution in [0.5, 0.6) is 0 Å². The number of urea groups is 1. The molecule has 1 aromatic heterocycles. The molecule has 0 unspecified atom stereocenters. The normalized spacial score (nSPS) is 11.1. The molecule has 3 aromatic rings. The smallest absolute Gasteiger partial charge is 0.307 e. The summed E-state index contributed by atoms with van der Waals surface area (Å²) < 4.78 is 27.6. The Morgan fingerprint density at radius 2 is 1.55 bits per heavy atom. The quantitative estimate of drug-likeness (QED) is 0.523. The van der Waals surface area contributed by atoms with Gasteiger partial charge in [0.2, 0.25) is 5.95 Å². The summed E-state index contributed by atoms with van der Waals surface area (Å²) in [5.41, 5.74) is 1.64. The van der Waals surface area contributed by atoms with E-state index < -0.39 is 22.0 Å². The molecule has 0 radical (unpaired) electrons. The molecule has 1 heterocycles. The van der Waals surface area contributed by atoms with E-state index in [4.69, 9.17) is 23.2 Å². The number of imide groups is 1. The Kier molecular flexibility index (Phi) is 7.21. The Bertz CT molecular complexity index is 1310. The highest BCUT2D eigenvalue weighted by Crippen LogP contribution is 2.23. The zero-order valence-corrected chi connectivity index (χ0v) is 20.1. The molecule has 0 saturated heterocycles. The fourth-order valence-corrected chi connectivity index (χ4v) is 4.24. The molecule has 0 saturated carbocycles. The van der Waals surface area contributed by atoms with Crippen LogP contribution in [0.15, 0.2) is 53.4 Å². The number of sulfonamides is 1. The minimum Gasteiger partial charge on any atom is -0.307 e. The number of carbonyl (C=O) groups is 2. The maximum atomic E-state index is 12.6. The second kappa shape index (κ2) is 9.74. The molecule has 0 aliphatic carbocycles. The van der Waals surface area contributed by atoms with Crippen molar-refractivity contribution in [2.45, 2.75) is 18.7 Å². The summed E-state index contributed by atoms with van der Waals surface area (Å²) in [4.78, 5) is 33.9. The SMILES string of the molecule is Cc1cc(C)nc(NS(=O)(=O)c2ccc(NC(=O)N(C)C(=O)c3ccc(Cl)cc3Cl)cc2)n1. The van der Waals surface area contributed by atoms with Crippen molar-refractivity contribution in [3.8, 4) is 0 Å². The first-order valence-corrected chi connectivity index (χ1v) is 11.7. The Morgan fingerprint density at radius 3 is 2.12 bits per heavy atom. The number of hydrogen-bond donors (Lipinski definition) is 2. The number of hydrogen-bond acceptors (Lipinski definition) is 6. The van der Waals surface area contributed by atoms with Gasteiger partial charge in [0.25, 0.3) is 15.9 Å². The predicted octanol–water partition coefficient (Wildman–Crippen LogP) is 4.51. The first-order chi connectivity index (χ1) is 15.5. The van der Waals surface area contributed by atoms with E-state index in [1.54, 1.807) is 19.9 Å². The van der Waals surface area contributed by atoms with Crippen molar-refractivity contribution in [1.29, 1.82) is 0 Å². The number of nitrogens with zero attached hydrogens (tertiary/aromatic N) is 3. The van der Waals surface area contributed by atoms with E-state index in [0.717, 1.165) is 4.90 Å². The van der Waals surface area contributed by atoms with Crippen molar-refractivity contribution in [3.63, 3.8) is 0 Å². The molecule has 3 rings (SSSR count). The third-order valence-corrected chi connectivity index (χ3v) is 6.29. The third-order valence-electron chi connectivity index (χ3n) is 4.39. The van der Waals surface area contributed by atoms with Crippen LogP contribution in [0.25, 0.3) is 0 Å². The van der Waals surface area contributed by atoms with Crippen LogP contribution in [-0.2, 0) is 10.0 Å². The number of rotatable bonds is 5. The van der Waals surface area contributed by atoms with Crippen LogP contribution in [0, 0.1) is 13.8 Å². The van der Waals surface area contributed by atoms with Gasteiger partial charge in [-0.3, -0.25) is 9.69 Å². The summed E-state index contributed by atoms with van der Waals surface area (Å²) in [5, 5.41) is 3.00. The van der Waals surface area contributed by atoms with Gasteiger partial charge < -0.3 is 5.32 Å². The zero-order valence-electron chi connectivity index (χ0n) is 17.8. The maximum absolute atomic E-state index is 12.6. The summed E-state index contributed by atoms with van der Waals surface area (Å²) in [6.07, 6.45) is 0. The molecule has 12 heteroatoms. The van der Waals surface area contributed by atoms with Gasteiger partial charge in [0.05, 0.1) is 15.5 Å². The van der Waals surface area contributed by atoms with Gasteiger partial charge >= 0.3 is 6.03 Å². The Labute approximate surface area is 200 Å². The summed E-state index contributed by atoms with van der Waals surface area (Å²) >= 11 is 11.9. The average molecular weight is 508 g/mol. The monoisotopic (exact) mass is 507 g/mol. The molecule has 3 amide bonds. The van der Waals surface area contributed by atoms with Crippen molar-refractivity contribution in [1.82, 2.24) is 14.9 Å². The van der Waals surface area contributed by atoms with Gasteiger partial charge in [-0.25, -0.2) is 27.9 Å². The summed E-state index contributed by atoms with van der Waals surface area (Å²) in [6, 6.07) is 10.7. The molecule has 2 aromatic carbocycles. The van der Waals surface area contributed by atoms with E-state index in [1.807, 2.05) is 0 Å². The summed E-state index contributed by atoms with van der Waals surface area (Å²) in [7, 11) is -2.66. The number of amides is 3. The van der Waals surface area contributed by atoms with E-state index in [1.165, 1.54) is 49.5 Å². The number of nitrogens with one attached hydrogen (secondary N) is 2. The molecule has 172 valence electrons. The molecular formula is C21H19Cl2N5O4S. The zero-order chi connectivity index (χ0) is 24.3. The lowest BCUT2D eigenvalue weighted by Crippen LogP contribution is -2.36. The number of aromatic nitrogens is 2. The van der Waals surface area contributed by atoms with E-state index in [2.05, 4.69) is 20.0 Å². The Hall–Kier alpha value is -3.21. The number of anilines is 2. The van der Waals surface area contributed by atoms with E-state index in [9.17, 15) is 18.0 Å². The lowest BCUT2D eigenvalue weighted by Gasteiger charge is -2.17. The standard InChI is InChI=1S/C21H19Cl2N5O4S/c1-12-10-13(2)25-20(24-12)27-33(31,32)16-7-5-15(6-8-16)26-21(30)28(3)19(29)17-9-4-14(22)11-18(17)23/h4-11H,1-3H3,(H,26,30)(H,24,25,27). The van der Waals surface area contributed by atoms with Gasteiger partial charge in [0.1, 0.15) is 0 Å². The highest BCUT2D eigenvalue weighted by Gasteiger charge is 2.22. The minimum absolute atomic E-state index is 0.0362. The molecular weight excluding hydrogens is 489 g/mol. The van der Waals surface area contributed by atoms with Crippen LogP contribution in [-0.4, -0.2) is 42.3 Å². The first-order valence-electron chi connectivity index (χ1n) is 9.45. The Morgan fingerprint density at radius 1 is 0.939 bits per heavy atom. The summed E-state index contributed by atoms with van der Waals surface area (Å²) in [6.45, 7) is 3.46. The largest absolute Gasteiger partial charge is 0.328 e. The van der Waals surface area contributed by atoms with Crippen molar-refractivity contribution in [2.75, 3.05) is 17.1 Å². The fraction of sp³-hybridized carbons (Fsp3) is 0.143. The second-order valence-corrected chi connectivity index (χ2v) is 9.55. The number of aryl methyl sites for hydroxylation is 2. The minimum atomic E-state index is -3.94. The van der Waals surface area contributed by atoms with Gasteiger partial charge in [-0.2, -0.15) is 0 Å². The molecule has 0 aliphatic rings. The Balaban J connectivity index is 1.70. The fourth-order valence-electron chi connectivity index (χ4n) is 2.81. The first kappa shape index (κ1) is 24.4. The molecule has 0 aliphatic heterocycles. The van der Waals surface area contributed by atoms with Crippen molar-refractivity contribution in [2.24, 2.45) is 0 Å². The van der Waals surface area contributed by atoms with Crippen LogP contribution >= 0.6 is 23.2 Å². The number of carbonyl (C=O) groups excluding carboxylic acids is 2. The van der Waals surface area contributed by atoms with Gasteiger partial charge in [-0.05, 0) is 62.4 Å². The summed E-state index contributed by atoms with van der Waals surface area (Å²) in [5.74, 6) is -0.670. The highest BCUT2D eigenvalue weighted by molar-refractivity contribution is 7.92. The van der Waals surface area contributed by atoms with E-state index in [-0.39, 0.29) is 27.1 Å². The topological polar surface area (TPSA) is 121 Å². The highest BCUT2D eigenvalue weighted by atomic mass is 35.5. The maximum Gasteiger partial charge on any atom is 0.328 e. The lowest BCUT2D eigenvalue weighted by molar-refractivity contribution is 0.0841. The molecule has 0 spiro atoms. The average Bonchev–Trinajstić information content (AvgIpc) is 2.72. The molecule has 9 nitrogen and oxygen atoms in total. The van der Waals surface area contributed by atoms with Crippen LogP contribution < -0.4 is 10.0 Å². The molecule has 0 atom stereocenters. The lowest BCUT2D eigenvalue weighted by atomic mass is 10.2. The number of halogens is 2. The van der Waals surface area contributed by atoms with Crippen molar-refractivity contribution < 1.29 is 18.0 Å². The number of benzene rings is 2. The molecule has 0 bridgehead atoms. The van der Waals surface area contributed by atoms with Gasteiger partial charge in [0, 0.05) is 29.1 Å². The van der Waals surface area contributed by atoms with E-state index >= 15 is 0 Å². The predicted molar refractivity (Wildman–Crippen MR) is 126 cm³/mol. The van der Waals surface area contributed by atoms with Crippen LogP contribution in [0.3, 0.4) is 0 Å². The van der Waals surface area contributed by atoms with Crippen LogP contribution in [0.1, 0.15) is 21.7 Å². The van der Waals surface area contributed by atoms with Gasteiger partial charge in [0.15, 0.2) is 0 Å². The van der Waals surface area contributed by atoms with Crippen LogP contribution in [0.4, 0.5) is 16.4 Å². The third kappa shape index (κ3) is 5.98. The van der Waals surface area contributed by atoms with Crippen molar-refractivity contribution in [3.05, 3.63) is 75.5 Å². The van der Waals surface area contributed by atoms with Gasteiger partial charge in [-0.1, -0.05) is 23.2 Å². The second-order valence-electron chi connectivity index (χ2n) is 7.02. The van der Waals surface area contributed by atoms with Gasteiger partial charge in [-0.15, -0.1) is 0 Å². The molecule has 0 fully saturated rings. The van der Waals surface area contributed by atoms with E-state index in [0.29, 0.717) is 16.4 Å². The van der Waals surface area contributed by atoms with Crippen LogP contribution in [0.2, 0.25) is 10.0 Å². The molecule has 2 N–H and O–H groups in total.